The van der Waals surface area contributed by atoms with E-state index in [9.17, 15) is 4.79 Å². The van der Waals surface area contributed by atoms with Gasteiger partial charge in [0.1, 0.15) is 0 Å². The molecule has 0 saturated carbocycles. The Labute approximate surface area is 85.3 Å². The van der Waals surface area contributed by atoms with Crippen molar-refractivity contribution >= 4 is 5.91 Å². The summed E-state index contributed by atoms with van der Waals surface area (Å²) in [6.45, 7) is 6.52. The second-order valence-corrected chi connectivity index (χ2v) is 4.22. The number of carbonyl (C=O) groups excluding carboxylic acids is 1. The molecule has 0 bridgehead atoms. The molecule has 1 rings (SSSR count). The highest BCUT2D eigenvalue weighted by molar-refractivity contribution is 5.73. The van der Waals surface area contributed by atoms with Gasteiger partial charge in [-0.3, -0.25) is 9.69 Å². The molecule has 0 aromatic rings. The van der Waals surface area contributed by atoms with Crippen LogP contribution in [0.25, 0.3) is 0 Å². The number of nitrogens with one attached hydrogen (secondary N) is 1. The van der Waals surface area contributed by atoms with Crippen LogP contribution in [0.2, 0.25) is 0 Å². The molecule has 2 unspecified atom stereocenters. The summed E-state index contributed by atoms with van der Waals surface area (Å²) in [6.07, 6.45) is 1.04. The average Bonchev–Trinajstić information content (AvgIpc) is 2.01. The van der Waals surface area contributed by atoms with Crippen molar-refractivity contribution in [2.45, 2.75) is 26.3 Å². The van der Waals surface area contributed by atoms with Crippen LogP contribution in [0.4, 0.5) is 0 Å². The zero-order valence-corrected chi connectivity index (χ0v) is 8.99. The molecule has 4 nitrogen and oxygen atoms in total. The number of rotatable bonds is 3. The molecular formula is C10H20N2O2. The number of likely N-dealkylation sites (tertiary alicyclic amines) is 1. The van der Waals surface area contributed by atoms with Gasteiger partial charge in [-0.25, -0.2) is 0 Å². The number of aliphatic hydroxyl groups excluding tert-OH is 1. The van der Waals surface area contributed by atoms with Crippen LogP contribution in [0.1, 0.15) is 20.3 Å². The van der Waals surface area contributed by atoms with Crippen molar-refractivity contribution in [1.29, 1.82) is 0 Å². The normalized spacial score (nSPS) is 28.8. The molecule has 1 amide bonds. The van der Waals surface area contributed by atoms with Crippen molar-refractivity contribution in [3.05, 3.63) is 0 Å². The summed E-state index contributed by atoms with van der Waals surface area (Å²) >= 11 is 0. The summed E-state index contributed by atoms with van der Waals surface area (Å²) in [7, 11) is 0. The van der Waals surface area contributed by atoms with E-state index in [1.54, 1.807) is 6.92 Å². The molecule has 0 aromatic heterocycles. The number of nitrogens with zero attached hydrogens (tertiary/aromatic N) is 1. The molecule has 1 fully saturated rings. The second kappa shape index (κ2) is 5.32. The molecule has 82 valence electrons. The van der Waals surface area contributed by atoms with E-state index in [4.69, 9.17) is 5.11 Å². The predicted molar refractivity (Wildman–Crippen MR) is 54.9 cm³/mol. The van der Waals surface area contributed by atoms with E-state index in [0.29, 0.717) is 12.5 Å². The Kier molecular flexibility index (Phi) is 4.35. The summed E-state index contributed by atoms with van der Waals surface area (Å²) in [4.78, 5) is 13.1. The van der Waals surface area contributed by atoms with Gasteiger partial charge < -0.3 is 10.4 Å². The van der Waals surface area contributed by atoms with Crippen LogP contribution in [-0.4, -0.2) is 48.2 Å². The zero-order chi connectivity index (χ0) is 10.6. The quantitative estimate of drug-likeness (QED) is 0.665. The van der Waals surface area contributed by atoms with E-state index in [1.807, 2.05) is 0 Å². The zero-order valence-electron chi connectivity index (χ0n) is 8.99. The second-order valence-electron chi connectivity index (χ2n) is 4.22. The van der Waals surface area contributed by atoms with Crippen molar-refractivity contribution < 1.29 is 9.90 Å². The molecule has 14 heavy (non-hydrogen) atoms. The predicted octanol–water partition coefficient (Wildman–Crippen LogP) is -0.175. The monoisotopic (exact) mass is 200 g/mol. The van der Waals surface area contributed by atoms with Crippen molar-refractivity contribution in [3.8, 4) is 0 Å². The lowest BCUT2D eigenvalue weighted by molar-refractivity contribution is -0.120. The smallest absolute Gasteiger partial charge is 0.217 e. The van der Waals surface area contributed by atoms with E-state index in [-0.39, 0.29) is 18.6 Å². The first-order chi connectivity index (χ1) is 6.61. The molecule has 4 heteroatoms. The van der Waals surface area contributed by atoms with Crippen LogP contribution in [0.15, 0.2) is 0 Å². The summed E-state index contributed by atoms with van der Waals surface area (Å²) in [5.74, 6) is 0.625. The van der Waals surface area contributed by atoms with Gasteiger partial charge >= 0.3 is 0 Å². The van der Waals surface area contributed by atoms with Crippen LogP contribution < -0.4 is 5.32 Å². The van der Waals surface area contributed by atoms with Crippen LogP contribution in [0.3, 0.4) is 0 Å². The summed E-state index contributed by atoms with van der Waals surface area (Å²) in [5.41, 5.74) is 0. The van der Waals surface area contributed by atoms with Crippen molar-refractivity contribution in [3.63, 3.8) is 0 Å². The average molecular weight is 200 g/mol. The molecule has 2 atom stereocenters. The largest absolute Gasteiger partial charge is 0.395 e. The number of β-amino-alcohol motifs (C(OH)–C–C–N with tert-alkyl or cyclic N) is 1. The standard InChI is InChI=1S/C10H20N2O2/c1-8-5-10(11-9(2)14)7-12(6-8)3-4-13/h8,10,13H,3-7H2,1-2H3,(H,11,14). The molecule has 0 aliphatic carbocycles. The van der Waals surface area contributed by atoms with Crippen molar-refractivity contribution in [2.24, 2.45) is 5.92 Å². The number of hydrogen-bond donors (Lipinski definition) is 2. The van der Waals surface area contributed by atoms with Crippen LogP contribution >= 0.6 is 0 Å². The Bertz CT molecular complexity index is 197. The van der Waals surface area contributed by atoms with Crippen molar-refractivity contribution in [2.75, 3.05) is 26.2 Å². The topological polar surface area (TPSA) is 52.6 Å². The summed E-state index contributed by atoms with van der Waals surface area (Å²) in [5, 5.41) is 11.8. The van der Waals surface area contributed by atoms with Gasteiger partial charge in [-0.05, 0) is 12.3 Å². The maximum Gasteiger partial charge on any atom is 0.217 e. The van der Waals surface area contributed by atoms with E-state index < -0.39 is 0 Å². The Morgan fingerprint density at radius 1 is 1.57 bits per heavy atom. The number of hydrogen-bond acceptors (Lipinski definition) is 3. The fourth-order valence-corrected chi connectivity index (χ4v) is 2.18. The van der Waals surface area contributed by atoms with Gasteiger partial charge in [0, 0.05) is 32.6 Å². The molecule has 0 spiro atoms. The van der Waals surface area contributed by atoms with E-state index in [2.05, 4.69) is 17.1 Å². The minimum atomic E-state index is 0.0352. The SMILES string of the molecule is CC(=O)NC1CC(C)CN(CCO)C1. The third-order valence-electron chi connectivity index (χ3n) is 2.56. The minimum Gasteiger partial charge on any atom is -0.395 e. The third kappa shape index (κ3) is 3.64. The summed E-state index contributed by atoms with van der Waals surface area (Å²) in [6, 6.07) is 0.253. The summed E-state index contributed by atoms with van der Waals surface area (Å²) < 4.78 is 0. The third-order valence-corrected chi connectivity index (χ3v) is 2.56. The molecule has 1 aliphatic heterocycles. The fraction of sp³-hybridized carbons (Fsp3) is 0.900. The molecular weight excluding hydrogens is 180 g/mol. The van der Waals surface area contributed by atoms with Gasteiger partial charge in [0.25, 0.3) is 0 Å². The number of carbonyl (C=O) groups is 1. The van der Waals surface area contributed by atoms with Crippen LogP contribution in [0, 0.1) is 5.92 Å². The van der Waals surface area contributed by atoms with Crippen LogP contribution in [0.5, 0.6) is 0 Å². The lowest BCUT2D eigenvalue weighted by Gasteiger charge is -2.36. The number of aliphatic hydroxyl groups is 1. The van der Waals surface area contributed by atoms with Crippen molar-refractivity contribution in [1.82, 2.24) is 10.2 Å². The van der Waals surface area contributed by atoms with Gasteiger partial charge in [-0.2, -0.15) is 0 Å². The van der Waals surface area contributed by atoms with Gasteiger partial charge in [0.05, 0.1) is 6.61 Å². The molecule has 1 aliphatic rings. The molecule has 1 saturated heterocycles. The lowest BCUT2D eigenvalue weighted by Crippen LogP contribution is -2.50. The van der Waals surface area contributed by atoms with Gasteiger partial charge in [0.15, 0.2) is 0 Å². The Morgan fingerprint density at radius 2 is 2.29 bits per heavy atom. The molecule has 1 heterocycles. The minimum absolute atomic E-state index is 0.0352. The van der Waals surface area contributed by atoms with E-state index in [1.165, 1.54) is 0 Å². The number of piperidine rings is 1. The Hall–Kier alpha value is -0.610. The van der Waals surface area contributed by atoms with E-state index in [0.717, 1.165) is 19.5 Å². The first kappa shape index (κ1) is 11.5. The van der Waals surface area contributed by atoms with Gasteiger partial charge in [0.2, 0.25) is 5.91 Å². The molecule has 2 N–H and O–H groups in total. The maximum atomic E-state index is 10.9. The lowest BCUT2D eigenvalue weighted by atomic mass is 9.96. The first-order valence-electron chi connectivity index (χ1n) is 5.22. The Balaban J connectivity index is 2.41. The number of amides is 1. The maximum absolute atomic E-state index is 10.9. The highest BCUT2D eigenvalue weighted by Gasteiger charge is 2.24. The molecule has 0 radical (unpaired) electrons. The highest BCUT2D eigenvalue weighted by atomic mass is 16.3. The Morgan fingerprint density at radius 3 is 2.86 bits per heavy atom. The van der Waals surface area contributed by atoms with Gasteiger partial charge in [-0.1, -0.05) is 6.92 Å². The fourth-order valence-electron chi connectivity index (χ4n) is 2.18. The van der Waals surface area contributed by atoms with Gasteiger partial charge in [-0.15, -0.1) is 0 Å². The van der Waals surface area contributed by atoms with Crippen LogP contribution in [-0.2, 0) is 4.79 Å². The first-order valence-corrected chi connectivity index (χ1v) is 5.22. The molecule has 0 aromatic carbocycles. The van der Waals surface area contributed by atoms with E-state index >= 15 is 0 Å². The highest BCUT2D eigenvalue weighted by Crippen LogP contribution is 2.15.